The Balaban J connectivity index is 2.25. The zero-order valence-corrected chi connectivity index (χ0v) is 18.7. The van der Waals surface area contributed by atoms with E-state index in [1.54, 1.807) is 20.8 Å². The second-order valence-corrected chi connectivity index (χ2v) is 9.58. The third-order valence-corrected chi connectivity index (χ3v) is 5.27. The molecule has 0 atom stereocenters. The van der Waals surface area contributed by atoms with Crippen LogP contribution in [0.5, 0.6) is 0 Å². The fraction of sp³-hybridized carbons (Fsp3) is 0.238. The molecule has 166 valence electrons. The summed E-state index contributed by atoms with van der Waals surface area (Å²) in [6, 6.07) is 10.4. The first kappa shape index (κ1) is 24.4. The minimum absolute atomic E-state index is 0.0880. The number of benzene rings is 2. The molecule has 2 aromatic rings. The molecular formula is C21H22ClFN2O5S. The molecule has 2 aromatic carbocycles. The van der Waals surface area contributed by atoms with Crippen molar-refractivity contribution in [2.75, 3.05) is 6.54 Å². The predicted octanol–water partition coefficient (Wildman–Crippen LogP) is 3.89. The lowest BCUT2D eigenvalue weighted by Crippen LogP contribution is -2.38. The van der Waals surface area contributed by atoms with Gasteiger partial charge in [-0.15, -0.1) is 0 Å². The van der Waals surface area contributed by atoms with Crippen LogP contribution < -0.4 is 10.0 Å². The Hall–Kier alpha value is -2.91. The number of halogens is 2. The lowest BCUT2D eigenvalue weighted by Gasteiger charge is -2.20. The first-order valence-electron chi connectivity index (χ1n) is 9.11. The van der Waals surface area contributed by atoms with E-state index in [0.717, 1.165) is 0 Å². The van der Waals surface area contributed by atoms with Crippen LogP contribution in [0.1, 0.15) is 26.3 Å². The second kappa shape index (κ2) is 9.93. The number of hydrogen-bond acceptors (Lipinski definition) is 5. The molecule has 0 heterocycles. The van der Waals surface area contributed by atoms with Crippen molar-refractivity contribution in [3.63, 3.8) is 0 Å². The van der Waals surface area contributed by atoms with Crippen LogP contribution in [0.2, 0.25) is 5.02 Å². The molecule has 0 aliphatic rings. The summed E-state index contributed by atoms with van der Waals surface area (Å²) >= 11 is 5.77. The van der Waals surface area contributed by atoms with Crippen molar-refractivity contribution in [3.05, 3.63) is 70.5 Å². The number of carbonyl (C=O) groups is 2. The largest absolute Gasteiger partial charge is 0.444 e. The second-order valence-electron chi connectivity index (χ2n) is 7.47. The summed E-state index contributed by atoms with van der Waals surface area (Å²) in [4.78, 5) is 24.5. The molecule has 0 unspecified atom stereocenters. The number of ether oxygens (including phenoxy) is 1. The van der Waals surface area contributed by atoms with Gasteiger partial charge in [-0.1, -0.05) is 23.7 Å². The van der Waals surface area contributed by atoms with Crippen molar-refractivity contribution in [1.82, 2.24) is 10.0 Å². The Morgan fingerprint density at radius 3 is 2.19 bits per heavy atom. The fourth-order valence-electron chi connectivity index (χ4n) is 2.30. The van der Waals surface area contributed by atoms with Crippen LogP contribution in [0.15, 0.2) is 59.0 Å². The molecular weight excluding hydrogens is 447 g/mol. The van der Waals surface area contributed by atoms with E-state index in [1.807, 2.05) is 4.72 Å². The summed E-state index contributed by atoms with van der Waals surface area (Å²) in [5.41, 5.74) is -0.415. The van der Waals surface area contributed by atoms with Crippen molar-refractivity contribution in [3.8, 4) is 0 Å². The molecule has 0 aliphatic carbocycles. The molecule has 2 rings (SSSR count). The van der Waals surface area contributed by atoms with E-state index in [1.165, 1.54) is 54.6 Å². The maximum Gasteiger partial charge on any atom is 0.407 e. The van der Waals surface area contributed by atoms with Crippen LogP contribution in [0.3, 0.4) is 0 Å². The van der Waals surface area contributed by atoms with Gasteiger partial charge in [0.25, 0.3) is 15.9 Å². The fourth-order valence-corrected chi connectivity index (χ4v) is 3.41. The molecule has 7 nitrogen and oxygen atoms in total. The van der Waals surface area contributed by atoms with Gasteiger partial charge >= 0.3 is 6.09 Å². The van der Waals surface area contributed by atoms with E-state index >= 15 is 0 Å². The first-order valence-corrected chi connectivity index (χ1v) is 11.0. The van der Waals surface area contributed by atoms with E-state index in [9.17, 15) is 22.4 Å². The van der Waals surface area contributed by atoms with Crippen LogP contribution in [0.4, 0.5) is 9.18 Å². The van der Waals surface area contributed by atoms with Gasteiger partial charge in [0, 0.05) is 10.6 Å². The van der Waals surface area contributed by atoms with Gasteiger partial charge in [0.05, 0.1) is 11.4 Å². The highest BCUT2D eigenvalue weighted by Crippen LogP contribution is 2.15. The van der Waals surface area contributed by atoms with Crippen LogP contribution in [0.25, 0.3) is 6.08 Å². The number of alkyl carbamates (subject to hydrolysis) is 1. The summed E-state index contributed by atoms with van der Waals surface area (Å²) in [7, 11) is -4.19. The van der Waals surface area contributed by atoms with Gasteiger partial charge in [-0.25, -0.2) is 22.3 Å². The van der Waals surface area contributed by atoms with Crippen LogP contribution in [-0.2, 0) is 19.6 Å². The quantitative estimate of drug-likeness (QED) is 0.626. The smallest absolute Gasteiger partial charge is 0.407 e. The van der Waals surface area contributed by atoms with Gasteiger partial charge in [-0.3, -0.25) is 4.79 Å². The van der Waals surface area contributed by atoms with E-state index in [0.29, 0.717) is 10.6 Å². The average Bonchev–Trinajstić information content (AvgIpc) is 2.65. The molecule has 0 fully saturated rings. The zero-order chi connectivity index (χ0) is 23.2. The molecule has 2 N–H and O–H groups in total. The minimum atomic E-state index is -4.19. The monoisotopic (exact) mass is 468 g/mol. The lowest BCUT2D eigenvalue weighted by atomic mass is 10.1. The summed E-state index contributed by atoms with van der Waals surface area (Å²) < 4.78 is 45.3. The lowest BCUT2D eigenvalue weighted by molar-refractivity contribution is -0.115. The number of carbonyl (C=O) groups excluding carboxylic acids is 2. The summed E-state index contributed by atoms with van der Waals surface area (Å²) in [5.74, 6) is -1.43. The number of hydrogen-bond donors (Lipinski definition) is 2. The molecule has 0 aliphatic heterocycles. The standard InChI is InChI=1S/C21H22ClFN2O5S/c1-21(2,3)30-20(27)24-13-15(12-14-4-8-17(23)9-5-14)19(26)25-31(28,29)18-10-6-16(22)7-11-18/h4-12H,13H2,1-3H3,(H,24,27)(H,25,26)/b15-12+. The van der Waals surface area contributed by atoms with Gasteiger partial charge in [-0.2, -0.15) is 0 Å². The van der Waals surface area contributed by atoms with E-state index < -0.39 is 33.4 Å². The van der Waals surface area contributed by atoms with E-state index in [-0.39, 0.29) is 17.0 Å². The number of rotatable bonds is 6. The van der Waals surface area contributed by atoms with Crippen molar-refractivity contribution in [1.29, 1.82) is 0 Å². The third kappa shape index (κ3) is 8.03. The molecule has 31 heavy (non-hydrogen) atoms. The Morgan fingerprint density at radius 1 is 1.06 bits per heavy atom. The maximum atomic E-state index is 13.2. The van der Waals surface area contributed by atoms with Crippen molar-refractivity contribution in [2.24, 2.45) is 0 Å². The molecule has 0 spiro atoms. The average molecular weight is 469 g/mol. The predicted molar refractivity (Wildman–Crippen MR) is 115 cm³/mol. The first-order chi connectivity index (χ1) is 14.4. The van der Waals surface area contributed by atoms with E-state index in [4.69, 9.17) is 16.3 Å². The van der Waals surface area contributed by atoms with Gasteiger partial charge in [0.2, 0.25) is 0 Å². The Morgan fingerprint density at radius 2 is 1.65 bits per heavy atom. The Bertz CT molecular complexity index is 1080. The van der Waals surface area contributed by atoms with Crippen molar-refractivity contribution in [2.45, 2.75) is 31.3 Å². The van der Waals surface area contributed by atoms with Gasteiger partial charge in [-0.05, 0) is 68.8 Å². The highest BCUT2D eigenvalue weighted by Gasteiger charge is 2.22. The maximum absolute atomic E-state index is 13.2. The van der Waals surface area contributed by atoms with Crippen LogP contribution >= 0.6 is 11.6 Å². The van der Waals surface area contributed by atoms with Crippen molar-refractivity contribution < 1.29 is 27.1 Å². The molecule has 0 aromatic heterocycles. The normalized spacial score (nSPS) is 12.2. The molecule has 0 saturated carbocycles. The zero-order valence-electron chi connectivity index (χ0n) is 17.1. The summed E-state index contributed by atoms with van der Waals surface area (Å²) in [6.45, 7) is 4.70. The molecule has 10 heteroatoms. The highest BCUT2D eigenvalue weighted by molar-refractivity contribution is 7.90. The number of sulfonamides is 1. The van der Waals surface area contributed by atoms with Gasteiger partial charge in [0.15, 0.2) is 0 Å². The van der Waals surface area contributed by atoms with Gasteiger partial charge < -0.3 is 10.1 Å². The molecule has 0 saturated heterocycles. The summed E-state index contributed by atoms with van der Waals surface area (Å²) in [6.07, 6.45) is 0.551. The van der Waals surface area contributed by atoms with Crippen LogP contribution in [0, 0.1) is 5.82 Å². The SMILES string of the molecule is CC(C)(C)OC(=O)NC/C(=C\c1ccc(F)cc1)C(=O)NS(=O)(=O)c1ccc(Cl)cc1. The molecule has 2 amide bonds. The topological polar surface area (TPSA) is 102 Å². The summed E-state index contributed by atoms with van der Waals surface area (Å²) in [5, 5.41) is 2.75. The highest BCUT2D eigenvalue weighted by atomic mass is 35.5. The van der Waals surface area contributed by atoms with Crippen LogP contribution in [-0.4, -0.2) is 32.6 Å². The number of amides is 2. The van der Waals surface area contributed by atoms with E-state index in [2.05, 4.69) is 5.32 Å². The minimum Gasteiger partial charge on any atom is -0.444 e. The van der Waals surface area contributed by atoms with Crippen molar-refractivity contribution >= 4 is 39.7 Å². The Kier molecular flexibility index (Phi) is 7.80. The molecule has 0 radical (unpaired) electrons. The Labute approximate surface area is 185 Å². The molecule has 0 bridgehead atoms. The van der Waals surface area contributed by atoms with Gasteiger partial charge in [0.1, 0.15) is 11.4 Å². The third-order valence-electron chi connectivity index (χ3n) is 3.68. The number of nitrogens with one attached hydrogen (secondary N) is 2.